The number of carbonyl (C=O) groups is 1. The van der Waals surface area contributed by atoms with E-state index in [4.69, 9.17) is 9.15 Å². The molecule has 0 aliphatic rings. The van der Waals surface area contributed by atoms with Gasteiger partial charge in [0.1, 0.15) is 5.75 Å². The average Bonchev–Trinajstić information content (AvgIpc) is 2.81. The molecule has 0 saturated heterocycles. The minimum atomic E-state index is -0.180. The van der Waals surface area contributed by atoms with Crippen LogP contribution in [0.5, 0.6) is 5.75 Å². The third-order valence-corrected chi connectivity index (χ3v) is 2.65. The second-order valence-corrected chi connectivity index (χ2v) is 3.97. The van der Waals surface area contributed by atoms with Crippen LogP contribution in [0, 0.1) is 0 Å². The van der Waals surface area contributed by atoms with Gasteiger partial charge in [-0.3, -0.25) is 4.79 Å². The van der Waals surface area contributed by atoms with Crippen molar-refractivity contribution >= 4 is 21.7 Å². The summed E-state index contributed by atoms with van der Waals surface area (Å²) in [6, 6.07) is 10.7. The molecule has 0 amide bonds. The second kappa shape index (κ2) is 4.99. The van der Waals surface area contributed by atoms with Gasteiger partial charge in [0.05, 0.1) is 10.7 Å². The van der Waals surface area contributed by atoms with Gasteiger partial charge < -0.3 is 9.15 Å². The molecule has 1 heterocycles. The zero-order valence-electron chi connectivity index (χ0n) is 8.35. The first-order valence-electron chi connectivity index (χ1n) is 4.71. The third-order valence-electron chi connectivity index (χ3n) is 1.99. The SMILES string of the molecule is O=C(COc1ccccc1Br)c1ccco1. The molecule has 0 aliphatic carbocycles. The van der Waals surface area contributed by atoms with E-state index in [1.165, 1.54) is 6.26 Å². The molecule has 16 heavy (non-hydrogen) atoms. The Bertz CT molecular complexity index is 477. The molecule has 2 rings (SSSR count). The normalized spacial score (nSPS) is 10.1. The molecular formula is C12H9BrO3. The van der Waals surface area contributed by atoms with Crippen molar-refractivity contribution in [3.63, 3.8) is 0 Å². The monoisotopic (exact) mass is 280 g/mol. The number of ether oxygens (including phenoxy) is 1. The summed E-state index contributed by atoms with van der Waals surface area (Å²) in [7, 11) is 0. The highest BCUT2D eigenvalue weighted by Crippen LogP contribution is 2.23. The molecule has 4 heteroatoms. The standard InChI is InChI=1S/C12H9BrO3/c13-9-4-1-2-5-11(9)16-8-10(14)12-6-3-7-15-12/h1-7H,8H2. The Morgan fingerprint density at radius 2 is 2.06 bits per heavy atom. The molecule has 0 aliphatic heterocycles. The lowest BCUT2D eigenvalue weighted by atomic mass is 10.3. The molecular weight excluding hydrogens is 272 g/mol. The van der Waals surface area contributed by atoms with E-state index in [1.807, 2.05) is 18.2 Å². The van der Waals surface area contributed by atoms with Gasteiger partial charge in [-0.15, -0.1) is 0 Å². The molecule has 0 radical (unpaired) electrons. The fourth-order valence-electron chi connectivity index (χ4n) is 1.21. The van der Waals surface area contributed by atoms with Crippen LogP contribution >= 0.6 is 15.9 Å². The lowest BCUT2D eigenvalue weighted by Crippen LogP contribution is -2.10. The molecule has 1 aromatic carbocycles. The maximum absolute atomic E-state index is 11.6. The van der Waals surface area contributed by atoms with Crippen molar-refractivity contribution in [1.82, 2.24) is 0 Å². The van der Waals surface area contributed by atoms with Crippen LogP contribution in [0.2, 0.25) is 0 Å². The molecule has 0 N–H and O–H groups in total. The molecule has 0 atom stereocenters. The van der Waals surface area contributed by atoms with E-state index in [9.17, 15) is 4.79 Å². The van der Waals surface area contributed by atoms with E-state index in [0.717, 1.165) is 4.47 Å². The highest BCUT2D eigenvalue weighted by atomic mass is 79.9. The number of rotatable bonds is 4. The molecule has 3 nitrogen and oxygen atoms in total. The van der Waals surface area contributed by atoms with Gasteiger partial charge in [0.25, 0.3) is 0 Å². The summed E-state index contributed by atoms with van der Waals surface area (Å²) in [6.07, 6.45) is 1.46. The van der Waals surface area contributed by atoms with Crippen LogP contribution in [0.15, 0.2) is 51.6 Å². The lowest BCUT2D eigenvalue weighted by molar-refractivity contribution is 0.0893. The molecule has 82 valence electrons. The summed E-state index contributed by atoms with van der Waals surface area (Å²) in [5, 5.41) is 0. The van der Waals surface area contributed by atoms with Crippen LogP contribution in [0.3, 0.4) is 0 Å². The van der Waals surface area contributed by atoms with E-state index >= 15 is 0 Å². The first-order valence-corrected chi connectivity index (χ1v) is 5.50. The van der Waals surface area contributed by atoms with Crippen molar-refractivity contribution in [2.24, 2.45) is 0 Å². The predicted octanol–water partition coefficient (Wildman–Crippen LogP) is 3.30. The minimum absolute atomic E-state index is 0.0316. The lowest BCUT2D eigenvalue weighted by Gasteiger charge is -2.05. The van der Waals surface area contributed by atoms with Gasteiger partial charge in [-0.05, 0) is 40.2 Å². The number of furan rings is 1. The summed E-state index contributed by atoms with van der Waals surface area (Å²) in [6.45, 7) is -0.0316. The smallest absolute Gasteiger partial charge is 0.235 e. The first kappa shape index (κ1) is 11.0. The Morgan fingerprint density at radius 3 is 2.75 bits per heavy atom. The molecule has 0 unspecified atom stereocenters. The number of carbonyl (C=O) groups excluding carboxylic acids is 1. The summed E-state index contributed by atoms with van der Waals surface area (Å²) >= 11 is 3.34. The largest absolute Gasteiger partial charge is 0.484 e. The fraction of sp³-hybridized carbons (Fsp3) is 0.0833. The number of para-hydroxylation sites is 1. The van der Waals surface area contributed by atoms with Crippen LogP contribution in [-0.2, 0) is 0 Å². The molecule has 0 spiro atoms. The number of hydrogen-bond acceptors (Lipinski definition) is 3. The van der Waals surface area contributed by atoms with E-state index < -0.39 is 0 Å². The maximum atomic E-state index is 11.6. The van der Waals surface area contributed by atoms with E-state index in [-0.39, 0.29) is 12.4 Å². The van der Waals surface area contributed by atoms with Crippen molar-refractivity contribution in [1.29, 1.82) is 0 Å². The van der Waals surface area contributed by atoms with E-state index in [2.05, 4.69) is 15.9 Å². The maximum Gasteiger partial charge on any atom is 0.235 e. The molecule has 0 saturated carbocycles. The second-order valence-electron chi connectivity index (χ2n) is 3.12. The zero-order valence-corrected chi connectivity index (χ0v) is 9.94. The van der Waals surface area contributed by atoms with Crippen LogP contribution in [0.1, 0.15) is 10.6 Å². The number of ketones is 1. The Morgan fingerprint density at radius 1 is 1.25 bits per heavy atom. The summed E-state index contributed by atoms with van der Waals surface area (Å²) in [4.78, 5) is 11.6. The molecule has 0 fully saturated rings. The fourth-order valence-corrected chi connectivity index (χ4v) is 1.61. The first-order chi connectivity index (χ1) is 7.77. The van der Waals surface area contributed by atoms with Crippen molar-refractivity contribution < 1.29 is 13.9 Å². The van der Waals surface area contributed by atoms with Gasteiger partial charge in [0.15, 0.2) is 12.4 Å². The summed E-state index contributed by atoms with van der Waals surface area (Å²) in [5.41, 5.74) is 0. The quantitative estimate of drug-likeness (QED) is 0.807. The topological polar surface area (TPSA) is 39.4 Å². The highest BCUT2D eigenvalue weighted by molar-refractivity contribution is 9.10. The van der Waals surface area contributed by atoms with Gasteiger partial charge in [-0.2, -0.15) is 0 Å². The van der Waals surface area contributed by atoms with Crippen molar-refractivity contribution in [3.05, 3.63) is 52.9 Å². The van der Waals surface area contributed by atoms with Crippen LogP contribution < -0.4 is 4.74 Å². The van der Waals surface area contributed by atoms with Crippen molar-refractivity contribution in [2.75, 3.05) is 6.61 Å². The predicted molar refractivity (Wildman–Crippen MR) is 62.7 cm³/mol. The summed E-state index contributed by atoms with van der Waals surface area (Å²) < 4.78 is 11.2. The van der Waals surface area contributed by atoms with Crippen molar-refractivity contribution in [3.8, 4) is 5.75 Å². The van der Waals surface area contributed by atoms with E-state index in [1.54, 1.807) is 18.2 Å². The van der Waals surface area contributed by atoms with Crippen LogP contribution in [0.4, 0.5) is 0 Å². The van der Waals surface area contributed by atoms with Crippen molar-refractivity contribution in [2.45, 2.75) is 0 Å². The molecule has 1 aromatic heterocycles. The Labute approximate surface area is 101 Å². The minimum Gasteiger partial charge on any atom is -0.484 e. The highest BCUT2D eigenvalue weighted by Gasteiger charge is 2.10. The number of halogens is 1. The molecule has 0 bridgehead atoms. The van der Waals surface area contributed by atoms with Gasteiger partial charge >= 0.3 is 0 Å². The van der Waals surface area contributed by atoms with Gasteiger partial charge in [0.2, 0.25) is 5.78 Å². The Kier molecular flexibility index (Phi) is 3.41. The third kappa shape index (κ3) is 2.52. The van der Waals surface area contributed by atoms with Crippen LogP contribution in [-0.4, -0.2) is 12.4 Å². The van der Waals surface area contributed by atoms with E-state index in [0.29, 0.717) is 11.5 Å². The average molecular weight is 281 g/mol. The summed E-state index contributed by atoms with van der Waals surface area (Å²) in [5.74, 6) is 0.773. The van der Waals surface area contributed by atoms with Gasteiger partial charge in [-0.25, -0.2) is 0 Å². The molecule has 2 aromatic rings. The number of Topliss-reactive ketones (excluding diaryl/α,β-unsaturated/α-hetero) is 1. The zero-order chi connectivity index (χ0) is 11.4. The number of hydrogen-bond donors (Lipinski definition) is 0. The van der Waals surface area contributed by atoms with Gasteiger partial charge in [0, 0.05) is 0 Å². The van der Waals surface area contributed by atoms with Gasteiger partial charge in [-0.1, -0.05) is 12.1 Å². The number of benzene rings is 1. The van der Waals surface area contributed by atoms with Crippen LogP contribution in [0.25, 0.3) is 0 Å². The Hall–Kier alpha value is -1.55. The Balaban J connectivity index is 1.98.